The summed E-state index contributed by atoms with van der Waals surface area (Å²) in [6, 6.07) is 16.0. The van der Waals surface area contributed by atoms with E-state index in [4.69, 9.17) is 10.7 Å². The molecule has 2 aromatic heterocycles. The van der Waals surface area contributed by atoms with E-state index in [9.17, 15) is 0 Å². The lowest BCUT2D eigenvalue weighted by Crippen LogP contribution is -2.13. The first-order chi connectivity index (χ1) is 10.8. The maximum atomic E-state index is 6.10. The summed E-state index contributed by atoms with van der Waals surface area (Å²) in [4.78, 5) is 9.20. The Bertz CT molecular complexity index is 834. The number of pyridine rings is 1. The number of rotatable bonds is 2. The number of fused-ring (bicyclic) bond motifs is 1. The van der Waals surface area contributed by atoms with Gasteiger partial charge < -0.3 is 5.73 Å². The molecular weight excluding hydrogens is 274 g/mol. The quantitative estimate of drug-likeness (QED) is 0.788. The molecule has 0 bridgehead atoms. The summed E-state index contributed by atoms with van der Waals surface area (Å²) < 4.78 is 1.87. The SMILES string of the molecule is Nc1nn2c(c1-c1ccccn1)N=C(c1ccccc1)CC2. The van der Waals surface area contributed by atoms with Gasteiger partial charge in [0.2, 0.25) is 0 Å². The molecule has 1 aliphatic heterocycles. The molecule has 5 heteroatoms. The lowest BCUT2D eigenvalue weighted by Gasteiger charge is -2.15. The van der Waals surface area contributed by atoms with Crippen molar-refractivity contribution in [1.29, 1.82) is 0 Å². The topological polar surface area (TPSA) is 69.1 Å². The summed E-state index contributed by atoms with van der Waals surface area (Å²) in [5.74, 6) is 1.27. The maximum absolute atomic E-state index is 6.10. The molecule has 22 heavy (non-hydrogen) atoms. The van der Waals surface area contributed by atoms with E-state index in [1.807, 2.05) is 41.1 Å². The molecule has 0 amide bonds. The second-order valence-corrected chi connectivity index (χ2v) is 5.20. The molecule has 2 N–H and O–H groups in total. The Hall–Kier alpha value is -2.95. The van der Waals surface area contributed by atoms with Gasteiger partial charge in [-0.3, -0.25) is 4.98 Å². The largest absolute Gasteiger partial charge is 0.382 e. The van der Waals surface area contributed by atoms with Gasteiger partial charge in [0.1, 0.15) is 0 Å². The molecule has 0 unspecified atom stereocenters. The second kappa shape index (κ2) is 5.11. The molecule has 0 aliphatic carbocycles. The van der Waals surface area contributed by atoms with E-state index in [0.717, 1.165) is 41.3 Å². The van der Waals surface area contributed by atoms with E-state index < -0.39 is 0 Å². The molecule has 1 aromatic carbocycles. The lowest BCUT2D eigenvalue weighted by molar-refractivity contribution is 0.628. The summed E-state index contributed by atoms with van der Waals surface area (Å²) in [6.07, 6.45) is 2.60. The van der Waals surface area contributed by atoms with Crippen LogP contribution in [0.5, 0.6) is 0 Å². The highest BCUT2D eigenvalue weighted by Gasteiger charge is 2.22. The third-order valence-corrected chi connectivity index (χ3v) is 3.78. The molecule has 0 fully saturated rings. The van der Waals surface area contributed by atoms with Crippen LogP contribution in [0.25, 0.3) is 11.3 Å². The van der Waals surface area contributed by atoms with Crippen molar-refractivity contribution in [3.63, 3.8) is 0 Å². The van der Waals surface area contributed by atoms with E-state index in [2.05, 4.69) is 22.2 Å². The van der Waals surface area contributed by atoms with Crippen LogP contribution in [0.15, 0.2) is 59.7 Å². The number of nitrogens with zero attached hydrogens (tertiary/aromatic N) is 4. The number of aromatic nitrogens is 3. The number of aliphatic imine (C=N–C) groups is 1. The fourth-order valence-corrected chi connectivity index (χ4v) is 2.73. The predicted octanol–water partition coefficient (Wildman–Crippen LogP) is 3.05. The van der Waals surface area contributed by atoms with Crippen LogP contribution in [0, 0.1) is 0 Å². The van der Waals surface area contributed by atoms with Gasteiger partial charge in [0, 0.05) is 19.2 Å². The third-order valence-electron chi connectivity index (χ3n) is 3.78. The Balaban J connectivity index is 1.86. The maximum Gasteiger partial charge on any atom is 0.162 e. The highest BCUT2D eigenvalue weighted by Crippen LogP contribution is 2.36. The minimum atomic E-state index is 0.478. The van der Waals surface area contributed by atoms with Crippen molar-refractivity contribution in [2.75, 3.05) is 5.73 Å². The van der Waals surface area contributed by atoms with Gasteiger partial charge in [0.05, 0.1) is 17.0 Å². The average molecular weight is 289 g/mol. The Morgan fingerprint density at radius 1 is 1.00 bits per heavy atom. The number of aryl methyl sites for hydroxylation is 1. The van der Waals surface area contributed by atoms with E-state index in [1.165, 1.54) is 0 Å². The molecule has 5 nitrogen and oxygen atoms in total. The van der Waals surface area contributed by atoms with Gasteiger partial charge in [-0.05, 0) is 17.7 Å². The van der Waals surface area contributed by atoms with Crippen molar-refractivity contribution in [1.82, 2.24) is 14.8 Å². The van der Waals surface area contributed by atoms with Crippen LogP contribution >= 0.6 is 0 Å². The Labute approximate surface area is 128 Å². The molecule has 0 saturated carbocycles. The van der Waals surface area contributed by atoms with E-state index in [1.54, 1.807) is 6.20 Å². The number of nitrogen functional groups attached to an aromatic ring is 1. The van der Waals surface area contributed by atoms with Gasteiger partial charge in [-0.15, -0.1) is 0 Å². The van der Waals surface area contributed by atoms with Crippen LogP contribution in [0.3, 0.4) is 0 Å². The van der Waals surface area contributed by atoms with Crippen molar-refractivity contribution in [2.45, 2.75) is 13.0 Å². The van der Waals surface area contributed by atoms with E-state index in [0.29, 0.717) is 5.82 Å². The summed E-state index contributed by atoms with van der Waals surface area (Å²) in [6.45, 7) is 0.778. The van der Waals surface area contributed by atoms with Gasteiger partial charge in [-0.25, -0.2) is 9.67 Å². The fraction of sp³-hybridized carbons (Fsp3) is 0.118. The minimum absolute atomic E-state index is 0.478. The van der Waals surface area contributed by atoms with Gasteiger partial charge in [0.25, 0.3) is 0 Å². The normalized spacial score (nSPS) is 13.5. The number of benzene rings is 1. The van der Waals surface area contributed by atoms with Crippen molar-refractivity contribution >= 4 is 17.3 Å². The third kappa shape index (κ3) is 2.07. The molecule has 1 aliphatic rings. The van der Waals surface area contributed by atoms with Gasteiger partial charge in [-0.1, -0.05) is 36.4 Å². The monoisotopic (exact) mass is 289 g/mol. The minimum Gasteiger partial charge on any atom is -0.382 e. The fourth-order valence-electron chi connectivity index (χ4n) is 2.73. The van der Waals surface area contributed by atoms with E-state index in [-0.39, 0.29) is 0 Å². The average Bonchev–Trinajstić information content (AvgIpc) is 2.91. The van der Waals surface area contributed by atoms with Crippen LogP contribution in [0.4, 0.5) is 11.6 Å². The van der Waals surface area contributed by atoms with Crippen LogP contribution in [-0.2, 0) is 6.54 Å². The first kappa shape index (κ1) is 12.8. The standard InChI is InChI=1S/C17H15N5/c18-16-15(14-8-4-5-10-19-14)17-20-13(9-11-22(17)21-16)12-6-2-1-3-7-12/h1-8,10H,9,11H2,(H2,18,21). The van der Waals surface area contributed by atoms with Gasteiger partial charge in [0.15, 0.2) is 11.6 Å². The van der Waals surface area contributed by atoms with Crippen molar-refractivity contribution in [3.8, 4) is 11.3 Å². The zero-order valence-electron chi connectivity index (χ0n) is 12.0. The molecule has 0 saturated heterocycles. The Kier molecular flexibility index (Phi) is 2.96. The summed E-state index contributed by atoms with van der Waals surface area (Å²) >= 11 is 0. The van der Waals surface area contributed by atoms with Crippen LogP contribution in [0.2, 0.25) is 0 Å². The first-order valence-corrected chi connectivity index (χ1v) is 7.23. The lowest BCUT2D eigenvalue weighted by atomic mass is 10.1. The summed E-state index contributed by atoms with van der Waals surface area (Å²) in [5, 5.41) is 4.40. The number of hydrogen-bond donors (Lipinski definition) is 1. The zero-order valence-corrected chi connectivity index (χ0v) is 12.0. The second-order valence-electron chi connectivity index (χ2n) is 5.20. The Morgan fingerprint density at radius 2 is 1.82 bits per heavy atom. The van der Waals surface area contributed by atoms with E-state index >= 15 is 0 Å². The first-order valence-electron chi connectivity index (χ1n) is 7.23. The summed E-state index contributed by atoms with van der Waals surface area (Å²) in [7, 11) is 0. The Morgan fingerprint density at radius 3 is 2.59 bits per heavy atom. The van der Waals surface area contributed by atoms with Crippen molar-refractivity contribution in [3.05, 3.63) is 60.3 Å². The van der Waals surface area contributed by atoms with Gasteiger partial charge >= 0.3 is 0 Å². The number of nitrogens with two attached hydrogens (primary N) is 1. The van der Waals surface area contributed by atoms with Crippen LogP contribution < -0.4 is 5.73 Å². The predicted molar refractivity (Wildman–Crippen MR) is 87.1 cm³/mol. The highest BCUT2D eigenvalue weighted by molar-refractivity contribution is 6.03. The summed E-state index contributed by atoms with van der Waals surface area (Å²) in [5.41, 5.74) is 9.91. The molecule has 0 spiro atoms. The zero-order chi connectivity index (χ0) is 14.9. The molecule has 0 radical (unpaired) electrons. The van der Waals surface area contributed by atoms with Crippen molar-refractivity contribution < 1.29 is 0 Å². The number of hydrogen-bond acceptors (Lipinski definition) is 4. The molecule has 108 valence electrons. The van der Waals surface area contributed by atoms with Crippen molar-refractivity contribution in [2.24, 2.45) is 4.99 Å². The van der Waals surface area contributed by atoms with Crippen LogP contribution in [-0.4, -0.2) is 20.5 Å². The number of anilines is 1. The smallest absolute Gasteiger partial charge is 0.162 e. The highest BCUT2D eigenvalue weighted by atomic mass is 15.3. The van der Waals surface area contributed by atoms with Crippen LogP contribution in [0.1, 0.15) is 12.0 Å². The molecule has 4 rings (SSSR count). The molecule has 3 aromatic rings. The molecular formula is C17H15N5. The van der Waals surface area contributed by atoms with Gasteiger partial charge in [-0.2, -0.15) is 5.10 Å². The molecule has 3 heterocycles. The molecule has 0 atom stereocenters.